The Kier molecular flexibility index (Phi) is 7.13. The molecule has 0 spiro atoms. The first-order valence-corrected chi connectivity index (χ1v) is 7.53. The maximum absolute atomic E-state index is 12.3. The second-order valence-corrected chi connectivity index (χ2v) is 5.88. The van der Waals surface area contributed by atoms with Crippen LogP contribution in [0.3, 0.4) is 0 Å². The van der Waals surface area contributed by atoms with Gasteiger partial charge in [-0.15, -0.1) is 0 Å². The van der Waals surface area contributed by atoms with Crippen LogP contribution < -0.4 is 5.32 Å². The Labute approximate surface area is 126 Å². The molecule has 0 fully saturated rings. The van der Waals surface area contributed by atoms with E-state index in [1.807, 2.05) is 31.2 Å². The molecule has 0 radical (unpaired) electrons. The Bertz CT molecular complexity index is 362. The van der Waals surface area contributed by atoms with Gasteiger partial charge in [-0.05, 0) is 66.1 Å². The minimum absolute atomic E-state index is 0.110. The van der Waals surface area contributed by atoms with Crippen molar-refractivity contribution < 1.29 is 13.2 Å². The van der Waals surface area contributed by atoms with Gasteiger partial charge in [-0.3, -0.25) is 0 Å². The van der Waals surface area contributed by atoms with E-state index in [0.29, 0.717) is 6.42 Å². The topological polar surface area (TPSA) is 12.0 Å². The van der Waals surface area contributed by atoms with E-state index < -0.39 is 12.6 Å². The van der Waals surface area contributed by atoms with Crippen LogP contribution in [0.25, 0.3) is 0 Å². The van der Waals surface area contributed by atoms with E-state index in [0.717, 1.165) is 22.1 Å². The molecule has 1 aromatic rings. The summed E-state index contributed by atoms with van der Waals surface area (Å²) in [5, 5.41) is 3.20. The molecule has 1 aromatic carbocycles. The standard InChI is InChI=1S/C14H19F3IN/c1-2-9-19-13(7-8-14(15,16)17)10-11-3-5-12(18)6-4-11/h3-6,13,19H,2,7-10H2,1H3. The molecule has 0 heterocycles. The van der Waals surface area contributed by atoms with Crippen LogP contribution in [0, 0.1) is 3.57 Å². The number of alkyl halides is 3. The number of benzene rings is 1. The molecule has 1 atom stereocenters. The summed E-state index contributed by atoms with van der Waals surface area (Å²) in [5.41, 5.74) is 1.08. The minimum Gasteiger partial charge on any atom is -0.314 e. The third-order valence-electron chi connectivity index (χ3n) is 2.85. The molecular formula is C14H19F3IN. The van der Waals surface area contributed by atoms with Gasteiger partial charge in [0.05, 0.1) is 0 Å². The van der Waals surface area contributed by atoms with Gasteiger partial charge >= 0.3 is 6.18 Å². The maximum atomic E-state index is 12.3. The summed E-state index contributed by atoms with van der Waals surface area (Å²) in [7, 11) is 0. The van der Waals surface area contributed by atoms with Crippen molar-refractivity contribution in [1.29, 1.82) is 0 Å². The first kappa shape index (κ1) is 16.8. The molecule has 1 nitrogen and oxygen atoms in total. The molecule has 108 valence electrons. The lowest BCUT2D eigenvalue weighted by atomic mass is 10.0. The molecule has 5 heteroatoms. The molecule has 1 unspecified atom stereocenters. The molecule has 0 aliphatic carbocycles. The zero-order valence-corrected chi connectivity index (χ0v) is 13.1. The fourth-order valence-corrected chi connectivity index (χ4v) is 2.23. The first-order valence-electron chi connectivity index (χ1n) is 6.45. The Morgan fingerprint density at radius 3 is 2.37 bits per heavy atom. The van der Waals surface area contributed by atoms with Crippen LogP contribution in [-0.2, 0) is 6.42 Å². The molecule has 0 saturated carbocycles. The van der Waals surface area contributed by atoms with Crippen LogP contribution in [0.5, 0.6) is 0 Å². The van der Waals surface area contributed by atoms with Crippen molar-refractivity contribution in [2.45, 2.75) is 44.8 Å². The molecular weight excluding hydrogens is 366 g/mol. The highest BCUT2D eigenvalue weighted by molar-refractivity contribution is 14.1. The summed E-state index contributed by atoms with van der Waals surface area (Å²) < 4.78 is 38.0. The van der Waals surface area contributed by atoms with Crippen LogP contribution in [0.15, 0.2) is 24.3 Å². The van der Waals surface area contributed by atoms with Crippen LogP contribution in [-0.4, -0.2) is 18.8 Å². The van der Waals surface area contributed by atoms with Gasteiger partial charge < -0.3 is 5.32 Å². The largest absolute Gasteiger partial charge is 0.389 e. The molecule has 0 aromatic heterocycles. The van der Waals surface area contributed by atoms with E-state index in [4.69, 9.17) is 0 Å². The van der Waals surface area contributed by atoms with E-state index in [-0.39, 0.29) is 12.5 Å². The summed E-state index contributed by atoms with van der Waals surface area (Å²) in [5.74, 6) is 0. The average Bonchev–Trinajstić information content (AvgIpc) is 2.34. The minimum atomic E-state index is -4.07. The van der Waals surface area contributed by atoms with Gasteiger partial charge in [-0.25, -0.2) is 0 Å². The Morgan fingerprint density at radius 1 is 1.21 bits per heavy atom. The van der Waals surface area contributed by atoms with E-state index in [9.17, 15) is 13.2 Å². The molecule has 0 amide bonds. The van der Waals surface area contributed by atoms with Crippen molar-refractivity contribution in [2.75, 3.05) is 6.54 Å². The molecule has 0 bridgehead atoms. The van der Waals surface area contributed by atoms with Crippen molar-refractivity contribution in [3.63, 3.8) is 0 Å². The highest BCUT2D eigenvalue weighted by Gasteiger charge is 2.28. The van der Waals surface area contributed by atoms with Crippen molar-refractivity contribution in [2.24, 2.45) is 0 Å². The Balaban J connectivity index is 2.55. The summed E-state index contributed by atoms with van der Waals surface area (Å²) in [4.78, 5) is 0. The second kappa shape index (κ2) is 8.09. The fraction of sp³-hybridized carbons (Fsp3) is 0.571. The highest BCUT2D eigenvalue weighted by Crippen LogP contribution is 2.23. The Morgan fingerprint density at radius 2 is 1.84 bits per heavy atom. The van der Waals surface area contributed by atoms with Gasteiger partial charge in [-0.1, -0.05) is 19.1 Å². The summed E-state index contributed by atoms with van der Waals surface area (Å²) in [6.07, 6.45) is -3.09. The van der Waals surface area contributed by atoms with Gasteiger partial charge in [0.1, 0.15) is 0 Å². The second-order valence-electron chi connectivity index (χ2n) is 4.64. The summed E-state index contributed by atoms with van der Waals surface area (Å²) in [6.45, 7) is 2.77. The van der Waals surface area contributed by atoms with Gasteiger partial charge in [-0.2, -0.15) is 13.2 Å². The number of hydrogen-bond donors (Lipinski definition) is 1. The zero-order chi connectivity index (χ0) is 14.3. The van der Waals surface area contributed by atoms with E-state index in [1.165, 1.54) is 0 Å². The predicted octanol–water partition coefficient (Wildman–Crippen LogP) is 4.54. The quantitative estimate of drug-likeness (QED) is 0.680. The highest BCUT2D eigenvalue weighted by atomic mass is 127. The van der Waals surface area contributed by atoms with Gasteiger partial charge in [0.15, 0.2) is 0 Å². The van der Waals surface area contributed by atoms with Crippen molar-refractivity contribution in [3.8, 4) is 0 Å². The number of hydrogen-bond acceptors (Lipinski definition) is 1. The monoisotopic (exact) mass is 385 g/mol. The SMILES string of the molecule is CCCNC(CCC(F)(F)F)Cc1ccc(I)cc1. The number of rotatable bonds is 7. The van der Waals surface area contributed by atoms with Crippen LogP contribution in [0.2, 0.25) is 0 Å². The smallest absolute Gasteiger partial charge is 0.314 e. The number of halogens is 4. The molecule has 0 saturated heterocycles. The third-order valence-corrected chi connectivity index (χ3v) is 3.57. The van der Waals surface area contributed by atoms with Crippen LogP contribution in [0.1, 0.15) is 31.7 Å². The normalized spacial score (nSPS) is 13.5. The van der Waals surface area contributed by atoms with E-state index >= 15 is 0 Å². The van der Waals surface area contributed by atoms with E-state index in [2.05, 4.69) is 27.9 Å². The zero-order valence-electron chi connectivity index (χ0n) is 10.9. The van der Waals surface area contributed by atoms with Gasteiger partial charge in [0.25, 0.3) is 0 Å². The van der Waals surface area contributed by atoms with Crippen LogP contribution in [0.4, 0.5) is 13.2 Å². The third kappa shape index (κ3) is 7.77. The molecule has 0 aliphatic heterocycles. The predicted molar refractivity (Wildman–Crippen MR) is 80.2 cm³/mol. The molecule has 1 rings (SSSR count). The van der Waals surface area contributed by atoms with Crippen molar-refractivity contribution in [3.05, 3.63) is 33.4 Å². The molecule has 19 heavy (non-hydrogen) atoms. The van der Waals surface area contributed by atoms with Gasteiger partial charge in [0.2, 0.25) is 0 Å². The molecule has 0 aliphatic rings. The van der Waals surface area contributed by atoms with Crippen molar-refractivity contribution in [1.82, 2.24) is 5.32 Å². The number of nitrogens with one attached hydrogen (secondary N) is 1. The van der Waals surface area contributed by atoms with Crippen LogP contribution >= 0.6 is 22.6 Å². The lowest BCUT2D eigenvalue weighted by molar-refractivity contribution is -0.136. The lowest BCUT2D eigenvalue weighted by Crippen LogP contribution is -2.33. The van der Waals surface area contributed by atoms with E-state index in [1.54, 1.807) is 0 Å². The molecule has 1 N–H and O–H groups in total. The van der Waals surface area contributed by atoms with Crippen molar-refractivity contribution >= 4 is 22.6 Å². The summed E-state index contributed by atoms with van der Waals surface area (Å²) >= 11 is 2.22. The first-order chi connectivity index (χ1) is 8.90. The fourth-order valence-electron chi connectivity index (χ4n) is 1.87. The Hall–Kier alpha value is -0.300. The average molecular weight is 385 g/mol. The summed E-state index contributed by atoms with van der Waals surface area (Å²) in [6, 6.07) is 7.82. The lowest BCUT2D eigenvalue weighted by Gasteiger charge is -2.19. The maximum Gasteiger partial charge on any atom is 0.389 e. The van der Waals surface area contributed by atoms with Gasteiger partial charge in [0, 0.05) is 16.0 Å².